The second kappa shape index (κ2) is 5.97. The molecule has 24 heavy (non-hydrogen) atoms. The van der Waals surface area contributed by atoms with Crippen LogP contribution in [0.2, 0.25) is 0 Å². The van der Waals surface area contributed by atoms with Gasteiger partial charge >= 0.3 is 0 Å². The molecule has 0 N–H and O–H groups in total. The van der Waals surface area contributed by atoms with Gasteiger partial charge in [-0.3, -0.25) is 10.1 Å². The zero-order chi connectivity index (χ0) is 17.5. The van der Waals surface area contributed by atoms with Gasteiger partial charge in [0.05, 0.1) is 4.92 Å². The molecule has 6 nitrogen and oxygen atoms in total. The number of ether oxygens (including phenoxy) is 1. The van der Waals surface area contributed by atoms with E-state index in [1.807, 2.05) is 18.7 Å². The lowest BCUT2D eigenvalue weighted by Gasteiger charge is -2.36. The molecule has 1 saturated heterocycles. The van der Waals surface area contributed by atoms with Gasteiger partial charge < -0.3 is 9.64 Å². The van der Waals surface area contributed by atoms with Crippen LogP contribution in [0, 0.1) is 27.4 Å². The minimum absolute atomic E-state index is 0.0303. The van der Waals surface area contributed by atoms with Crippen LogP contribution in [0.1, 0.15) is 51.2 Å². The van der Waals surface area contributed by atoms with Crippen molar-refractivity contribution in [1.29, 1.82) is 5.26 Å². The second-order valence-corrected chi connectivity index (χ2v) is 7.53. The van der Waals surface area contributed by atoms with Gasteiger partial charge in [0.2, 0.25) is 0 Å². The fourth-order valence-corrected chi connectivity index (χ4v) is 3.72. The van der Waals surface area contributed by atoms with Crippen molar-refractivity contribution < 1.29 is 9.66 Å². The van der Waals surface area contributed by atoms with Crippen LogP contribution in [0.5, 0.6) is 5.75 Å². The summed E-state index contributed by atoms with van der Waals surface area (Å²) < 4.78 is 6.06. The van der Waals surface area contributed by atoms with E-state index in [0.717, 1.165) is 37.9 Å². The number of anilines is 1. The summed E-state index contributed by atoms with van der Waals surface area (Å²) in [5.41, 5.74) is 1.20. The predicted octanol–water partition coefficient (Wildman–Crippen LogP) is 3.81. The molecule has 3 rings (SSSR count). The molecule has 1 atom stereocenters. The van der Waals surface area contributed by atoms with Crippen LogP contribution in [0.4, 0.5) is 11.4 Å². The van der Waals surface area contributed by atoms with E-state index in [9.17, 15) is 15.4 Å². The van der Waals surface area contributed by atoms with E-state index in [1.165, 1.54) is 0 Å². The molecule has 0 saturated carbocycles. The van der Waals surface area contributed by atoms with E-state index in [2.05, 4.69) is 13.0 Å². The number of nitro benzene ring substituents is 1. The Labute approximate surface area is 142 Å². The molecule has 0 bridgehead atoms. The average Bonchev–Trinajstić information content (AvgIpc) is 2.52. The minimum Gasteiger partial charge on any atom is -0.486 e. The van der Waals surface area contributed by atoms with E-state index in [4.69, 9.17) is 4.74 Å². The maximum absolute atomic E-state index is 11.7. The van der Waals surface area contributed by atoms with E-state index < -0.39 is 0 Å². The van der Waals surface area contributed by atoms with Crippen LogP contribution in [0.15, 0.2) is 6.07 Å². The lowest BCUT2D eigenvalue weighted by Crippen LogP contribution is -2.37. The zero-order valence-electron chi connectivity index (χ0n) is 14.5. The molecule has 0 aromatic heterocycles. The molecule has 2 aliphatic rings. The van der Waals surface area contributed by atoms with Crippen molar-refractivity contribution in [3.63, 3.8) is 0 Å². The molecule has 2 heterocycles. The monoisotopic (exact) mass is 329 g/mol. The van der Waals surface area contributed by atoms with Crippen molar-refractivity contribution in [2.75, 3.05) is 18.0 Å². The van der Waals surface area contributed by atoms with Gasteiger partial charge in [0.15, 0.2) is 0 Å². The minimum atomic E-state index is -0.366. The van der Waals surface area contributed by atoms with Gasteiger partial charge in [-0.2, -0.15) is 5.26 Å². The van der Waals surface area contributed by atoms with Crippen molar-refractivity contribution in [2.45, 2.75) is 52.1 Å². The number of nitriles is 1. The molecular formula is C18H23N3O3. The highest BCUT2D eigenvalue weighted by atomic mass is 16.6. The number of fused-ring (bicyclic) bond motifs is 1. The van der Waals surface area contributed by atoms with Crippen LogP contribution in [0.25, 0.3) is 0 Å². The first kappa shape index (κ1) is 16.6. The summed E-state index contributed by atoms with van der Waals surface area (Å²) >= 11 is 0. The van der Waals surface area contributed by atoms with E-state index in [0.29, 0.717) is 29.3 Å². The first-order valence-corrected chi connectivity index (χ1v) is 8.50. The molecular weight excluding hydrogens is 306 g/mol. The molecule has 1 aromatic carbocycles. The Morgan fingerprint density at radius 1 is 1.50 bits per heavy atom. The summed E-state index contributed by atoms with van der Waals surface area (Å²) in [5, 5.41) is 21.4. The SMILES string of the molecule is C[C@@H]1CCCN(c2c([N+](=O)[O-])cc3c(c2C#N)OC(C)(C)CC3)C1. The third-order valence-corrected chi connectivity index (χ3v) is 4.97. The number of piperidine rings is 1. The van der Waals surface area contributed by atoms with Crippen molar-refractivity contribution in [3.8, 4) is 11.8 Å². The third kappa shape index (κ3) is 2.91. The van der Waals surface area contributed by atoms with Crippen LogP contribution >= 0.6 is 0 Å². The number of nitro groups is 1. The Balaban J connectivity index is 2.19. The van der Waals surface area contributed by atoms with Gasteiger partial charge in [-0.25, -0.2) is 0 Å². The number of nitrogens with zero attached hydrogens (tertiary/aromatic N) is 3. The quantitative estimate of drug-likeness (QED) is 0.609. The smallest absolute Gasteiger partial charge is 0.294 e. The first-order chi connectivity index (χ1) is 11.3. The van der Waals surface area contributed by atoms with Crippen LogP contribution < -0.4 is 9.64 Å². The Morgan fingerprint density at radius 3 is 2.88 bits per heavy atom. The van der Waals surface area contributed by atoms with Gasteiger partial charge in [0.1, 0.15) is 28.7 Å². The molecule has 0 radical (unpaired) electrons. The van der Waals surface area contributed by atoms with Crippen molar-refractivity contribution in [1.82, 2.24) is 0 Å². The predicted molar refractivity (Wildman–Crippen MR) is 91.5 cm³/mol. The topological polar surface area (TPSA) is 79.4 Å². The molecule has 1 fully saturated rings. The molecule has 128 valence electrons. The normalized spacial score (nSPS) is 22.2. The fourth-order valence-electron chi connectivity index (χ4n) is 3.72. The lowest BCUT2D eigenvalue weighted by atomic mass is 9.90. The number of rotatable bonds is 2. The Bertz CT molecular complexity index is 721. The van der Waals surface area contributed by atoms with Crippen LogP contribution in [-0.2, 0) is 6.42 Å². The fraction of sp³-hybridized carbons (Fsp3) is 0.611. The highest BCUT2D eigenvalue weighted by Gasteiger charge is 2.36. The van der Waals surface area contributed by atoms with E-state index >= 15 is 0 Å². The molecule has 1 aromatic rings. The molecule has 0 unspecified atom stereocenters. The summed E-state index contributed by atoms with van der Waals surface area (Å²) in [6.45, 7) is 7.59. The summed E-state index contributed by atoms with van der Waals surface area (Å²) in [5.74, 6) is 0.992. The van der Waals surface area contributed by atoms with Crippen molar-refractivity contribution in [2.24, 2.45) is 5.92 Å². The summed E-state index contributed by atoms with van der Waals surface area (Å²) in [6.07, 6.45) is 3.56. The van der Waals surface area contributed by atoms with Gasteiger partial charge in [0.25, 0.3) is 5.69 Å². The standard InChI is InChI=1S/C18H23N3O3/c1-12-5-4-8-20(11-12)16-14(10-19)17-13(9-15(16)21(22)23)6-7-18(2,3)24-17/h9,12H,4-8,11H2,1-3H3/t12-/m1/s1. The van der Waals surface area contributed by atoms with E-state index in [-0.39, 0.29) is 16.2 Å². The van der Waals surface area contributed by atoms with Gasteiger partial charge in [-0.05, 0) is 45.4 Å². The van der Waals surface area contributed by atoms with Crippen LogP contribution in [-0.4, -0.2) is 23.6 Å². The third-order valence-electron chi connectivity index (χ3n) is 4.97. The van der Waals surface area contributed by atoms with E-state index in [1.54, 1.807) is 6.07 Å². The largest absolute Gasteiger partial charge is 0.486 e. The maximum atomic E-state index is 11.7. The average molecular weight is 329 g/mol. The molecule has 0 aliphatic carbocycles. The molecule has 0 spiro atoms. The Hall–Kier alpha value is -2.29. The molecule has 0 amide bonds. The zero-order valence-corrected chi connectivity index (χ0v) is 14.5. The lowest BCUT2D eigenvalue weighted by molar-refractivity contribution is -0.384. The summed E-state index contributed by atoms with van der Waals surface area (Å²) in [6, 6.07) is 3.81. The number of benzene rings is 1. The highest BCUT2D eigenvalue weighted by molar-refractivity contribution is 5.78. The van der Waals surface area contributed by atoms with Gasteiger partial charge in [0, 0.05) is 24.7 Å². The molecule has 6 heteroatoms. The Kier molecular flexibility index (Phi) is 4.12. The maximum Gasteiger partial charge on any atom is 0.294 e. The number of hydrogen-bond acceptors (Lipinski definition) is 5. The van der Waals surface area contributed by atoms with Crippen molar-refractivity contribution >= 4 is 11.4 Å². The van der Waals surface area contributed by atoms with Gasteiger partial charge in [-0.15, -0.1) is 0 Å². The Morgan fingerprint density at radius 2 is 2.25 bits per heavy atom. The summed E-state index contributed by atoms with van der Waals surface area (Å²) in [7, 11) is 0. The number of aryl methyl sites for hydroxylation is 1. The highest BCUT2D eigenvalue weighted by Crippen LogP contribution is 2.45. The summed E-state index contributed by atoms with van der Waals surface area (Å²) in [4.78, 5) is 13.3. The van der Waals surface area contributed by atoms with Crippen molar-refractivity contribution in [3.05, 3.63) is 27.3 Å². The first-order valence-electron chi connectivity index (χ1n) is 8.50. The van der Waals surface area contributed by atoms with Gasteiger partial charge in [-0.1, -0.05) is 6.92 Å². The molecule has 2 aliphatic heterocycles. The second-order valence-electron chi connectivity index (χ2n) is 7.53. The number of hydrogen-bond donors (Lipinski definition) is 0. The van der Waals surface area contributed by atoms with Crippen LogP contribution in [0.3, 0.4) is 0 Å².